The summed E-state index contributed by atoms with van der Waals surface area (Å²) in [5.41, 5.74) is 8.19. The van der Waals surface area contributed by atoms with E-state index in [0.29, 0.717) is 0 Å². The number of fused-ring (bicyclic) bond motifs is 1. The van der Waals surface area contributed by atoms with Gasteiger partial charge in [0.25, 0.3) is 5.78 Å². The van der Waals surface area contributed by atoms with Crippen molar-refractivity contribution in [2.45, 2.75) is 58.1 Å². The summed E-state index contributed by atoms with van der Waals surface area (Å²) in [7, 11) is 0. The molecule has 0 N–H and O–H groups in total. The van der Waals surface area contributed by atoms with Gasteiger partial charge in [0.1, 0.15) is 18.8 Å². The van der Waals surface area contributed by atoms with E-state index < -0.39 is 60.4 Å². The molecule has 0 radical (unpaired) electrons. The first-order valence-corrected chi connectivity index (χ1v) is 8.45. The maximum absolute atomic E-state index is 12.6. The maximum Gasteiger partial charge on any atom is 0.444 e. The number of esters is 2. The van der Waals surface area contributed by atoms with Gasteiger partial charge >= 0.3 is 17.7 Å². The Morgan fingerprint density at radius 3 is 2.37 bits per heavy atom. The number of Topliss-reactive ketones (excluding diaryl/α,β-unsaturated/α-hetero) is 1. The molecule has 2 saturated heterocycles. The van der Waals surface area contributed by atoms with Crippen LogP contribution in [-0.2, 0) is 42.8 Å². The van der Waals surface area contributed by atoms with Crippen LogP contribution >= 0.6 is 0 Å². The van der Waals surface area contributed by atoms with Crippen LogP contribution in [0.3, 0.4) is 0 Å². The van der Waals surface area contributed by atoms with Crippen LogP contribution in [-0.4, -0.2) is 78.4 Å². The number of ketones is 1. The molecule has 11 nitrogen and oxygen atoms in total. The van der Waals surface area contributed by atoms with E-state index in [1.807, 2.05) is 0 Å². The number of hydrogen-bond acceptors (Lipinski definition) is 9. The molecule has 0 saturated carbocycles. The molecule has 0 amide bonds. The van der Waals surface area contributed by atoms with Crippen LogP contribution in [0.25, 0.3) is 5.53 Å². The van der Waals surface area contributed by atoms with E-state index in [9.17, 15) is 14.4 Å². The van der Waals surface area contributed by atoms with Crippen molar-refractivity contribution in [3.05, 3.63) is 5.53 Å². The summed E-state index contributed by atoms with van der Waals surface area (Å²) < 4.78 is 31.7. The molecule has 11 heteroatoms. The first-order chi connectivity index (χ1) is 12.7. The first kappa shape index (κ1) is 21.1. The van der Waals surface area contributed by atoms with Gasteiger partial charge in [-0.2, -0.15) is 4.79 Å². The zero-order valence-corrected chi connectivity index (χ0v) is 15.5. The minimum atomic E-state index is -1.40. The molecule has 0 aromatic rings. The van der Waals surface area contributed by atoms with Crippen LogP contribution < -0.4 is 0 Å². The predicted molar refractivity (Wildman–Crippen MR) is 85.3 cm³/mol. The highest BCUT2D eigenvalue weighted by Crippen LogP contribution is 2.39. The molecule has 150 valence electrons. The molecular weight excluding hydrogens is 364 g/mol. The van der Waals surface area contributed by atoms with Crippen LogP contribution in [0.2, 0.25) is 0 Å². The Bertz CT molecular complexity index is 656. The van der Waals surface area contributed by atoms with Gasteiger partial charge in [0, 0.05) is 0 Å². The van der Waals surface area contributed by atoms with Gasteiger partial charge in [0.05, 0.1) is 13.2 Å². The van der Waals surface area contributed by atoms with Crippen molar-refractivity contribution < 1.29 is 47.6 Å². The molecule has 27 heavy (non-hydrogen) atoms. The van der Waals surface area contributed by atoms with Crippen LogP contribution in [0.15, 0.2) is 0 Å². The summed E-state index contributed by atoms with van der Waals surface area (Å²) in [6, 6.07) is 0. The molecule has 0 aliphatic carbocycles. The lowest BCUT2D eigenvalue weighted by molar-refractivity contribution is -0.217. The lowest BCUT2D eigenvalue weighted by Gasteiger charge is -2.24. The Morgan fingerprint density at radius 1 is 1.11 bits per heavy atom. The minimum absolute atomic E-state index is 0.0227. The second kappa shape index (κ2) is 8.68. The Labute approximate surface area is 155 Å². The van der Waals surface area contributed by atoms with Gasteiger partial charge in [0.2, 0.25) is 0 Å². The monoisotopic (exact) mass is 386 g/mol. The molecule has 2 heterocycles. The molecule has 0 unspecified atom stereocenters. The summed E-state index contributed by atoms with van der Waals surface area (Å²) >= 11 is 0. The van der Waals surface area contributed by atoms with E-state index in [-0.39, 0.29) is 13.2 Å². The predicted octanol–water partition coefficient (Wildman–Crippen LogP) is -0.386. The van der Waals surface area contributed by atoms with Gasteiger partial charge in [0.15, 0.2) is 18.2 Å². The number of hydrogen-bond donors (Lipinski definition) is 0. The minimum Gasteiger partial charge on any atom is -0.464 e. The lowest BCUT2D eigenvalue weighted by atomic mass is 10.0. The molecule has 2 aliphatic rings. The number of rotatable bonds is 8. The van der Waals surface area contributed by atoms with Crippen molar-refractivity contribution in [2.75, 3.05) is 19.8 Å². The fourth-order valence-corrected chi connectivity index (χ4v) is 2.76. The van der Waals surface area contributed by atoms with Crippen molar-refractivity contribution in [1.82, 2.24) is 0 Å². The highest BCUT2D eigenvalue weighted by atomic mass is 16.8. The number of ether oxygens (including phenoxy) is 6. The summed E-state index contributed by atoms with van der Waals surface area (Å²) in [5, 5.41) is 0. The molecular formula is C16H22N2O9. The summed E-state index contributed by atoms with van der Waals surface area (Å²) in [4.78, 5) is 38.8. The molecule has 2 aliphatic heterocycles. The average molecular weight is 386 g/mol. The van der Waals surface area contributed by atoms with Crippen molar-refractivity contribution in [3.63, 3.8) is 0 Å². The zero-order valence-electron chi connectivity index (χ0n) is 15.5. The Morgan fingerprint density at radius 2 is 1.78 bits per heavy atom. The van der Waals surface area contributed by atoms with Crippen molar-refractivity contribution >= 4 is 23.4 Å². The molecule has 0 aromatic heterocycles. The second-order valence-corrected chi connectivity index (χ2v) is 6.14. The van der Waals surface area contributed by atoms with Gasteiger partial charge in [-0.25, -0.2) is 9.59 Å². The quantitative estimate of drug-likeness (QED) is 0.179. The Kier molecular flexibility index (Phi) is 6.79. The van der Waals surface area contributed by atoms with Gasteiger partial charge in [-0.3, -0.25) is 4.79 Å². The normalized spacial score (nSPS) is 28.1. The van der Waals surface area contributed by atoms with E-state index in [2.05, 4.69) is 9.53 Å². The Hall–Kier alpha value is -2.17. The third-order valence-corrected chi connectivity index (χ3v) is 3.75. The van der Waals surface area contributed by atoms with E-state index in [0.717, 1.165) is 0 Å². The zero-order chi connectivity index (χ0) is 20.2. The third-order valence-electron chi connectivity index (χ3n) is 3.75. The molecule has 2 fully saturated rings. The molecule has 0 aromatic carbocycles. The van der Waals surface area contributed by atoms with Crippen molar-refractivity contribution in [2.24, 2.45) is 0 Å². The van der Waals surface area contributed by atoms with Crippen LogP contribution in [0.4, 0.5) is 0 Å². The average Bonchev–Trinajstić information content (AvgIpc) is 3.05. The van der Waals surface area contributed by atoms with E-state index in [1.54, 1.807) is 20.8 Å². The Balaban J connectivity index is 2.20. The van der Waals surface area contributed by atoms with E-state index in [1.165, 1.54) is 6.92 Å². The van der Waals surface area contributed by atoms with Gasteiger partial charge in [-0.05, 0) is 27.7 Å². The maximum atomic E-state index is 12.6. The summed E-state index contributed by atoms with van der Waals surface area (Å²) in [6.45, 7) is 6.13. The van der Waals surface area contributed by atoms with Crippen LogP contribution in [0, 0.1) is 0 Å². The SMILES string of the molecule is CCOC(=O)CO[C@@H]1[C@H]2OC(C)(C)O[C@H]2O[C@@H]1C(=O)C(=[N+]=[N-])C(=O)OCC. The van der Waals surface area contributed by atoms with Crippen molar-refractivity contribution in [1.29, 1.82) is 0 Å². The van der Waals surface area contributed by atoms with Gasteiger partial charge in [-0.1, -0.05) is 0 Å². The highest BCUT2D eigenvalue weighted by molar-refractivity contribution is 6.63. The highest BCUT2D eigenvalue weighted by Gasteiger charge is 2.59. The second-order valence-electron chi connectivity index (χ2n) is 6.14. The van der Waals surface area contributed by atoms with Crippen LogP contribution in [0.5, 0.6) is 0 Å². The molecule has 2 rings (SSSR count). The number of carbonyl (C=O) groups excluding carboxylic acids is 3. The standard InChI is InChI=1S/C16H22N2O9/c1-5-22-8(19)7-24-12-11(10(20)9(18-17)14(21)23-6-2)25-15-13(12)26-16(3,4)27-15/h11-13,15H,5-7H2,1-4H3/t11-,12+,13-,15-/m1/s1. The van der Waals surface area contributed by atoms with E-state index >= 15 is 0 Å². The van der Waals surface area contributed by atoms with E-state index in [4.69, 9.17) is 29.2 Å². The molecule has 0 bridgehead atoms. The van der Waals surface area contributed by atoms with Gasteiger partial charge < -0.3 is 34.0 Å². The number of nitrogens with zero attached hydrogens (tertiary/aromatic N) is 2. The largest absolute Gasteiger partial charge is 0.464 e. The summed E-state index contributed by atoms with van der Waals surface area (Å²) in [6.07, 6.45) is -4.31. The summed E-state index contributed by atoms with van der Waals surface area (Å²) in [5.74, 6) is -3.74. The third kappa shape index (κ3) is 4.76. The lowest BCUT2D eigenvalue weighted by Crippen LogP contribution is -2.46. The van der Waals surface area contributed by atoms with Crippen LogP contribution in [0.1, 0.15) is 27.7 Å². The molecule has 0 spiro atoms. The fraction of sp³-hybridized carbons (Fsp3) is 0.750. The fourth-order valence-electron chi connectivity index (χ4n) is 2.76. The topological polar surface area (TPSA) is 143 Å². The smallest absolute Gasteiger partial charge is 0.444 e. The van der Waals surface area contributed by atoms with Gasteiger partial charge in [-0.15, -0.1) is 0 Å². The van der Waals surface area contributed by atoms with Crippen molar-refractivity contribution in [3.8, 4) is 0 Å². The first-order valence-electron chi connectivity index (χ1n) is 8.45. The molecule has 4 atom stereocenters. The number of carbonyl (C=O) groups is 3.